The Morgan fingerprint density at radius 3 is 2.75 bits per heavy atom. The molecule has 0 saturated heterocycles. The molecule has 1 aromatic carbocycles. The summed E-state index contributed by atoms with van der Waals surface area (Å²) in [6.07, 6.45) is 0. The molecule has 1 rings (SSSR count). The summed E-state index contributed by atoms with van der Waals surface area (Å²) < 4.78 is 17.1. The van der Waals surface area contributed by atoms with Crippen molar-refractivity contribution >= 4 is 38.4 Å². The maximum Gasteiger partial charge on any atom is 0.309 e. The number of esters is 1. The molecule has 8 heteroatoms. The van der Waals surface area contributed by atoms with Crippen molar-refractivity contribution in [1.29, 1.82) is 0 Å². The molecule has 1 aromatic rings. The Balaban J connectivity index is 2.81. The monoisotopic (exact) mass is 363 g/mol. The highest BCUT2D eigenvalue weighted by Gasteiger charge is 2.20. The number of nitro benzene ring substituents is 1. The molecular weight excluding hydrogens is 350 g/mol. The van der Waals surface area contributed by atoms with Crippen LogP contribution in [0.5, 0.6) is 0 Å². The first kappa shape index (κ1) is 16.8. The number of hydrogen-bond acceptors (Lipinski definition) is 5. The van der Waals surface area contributed by atoms with Crippen LogP contribution in [0.1, 0.15) is 12.5 Å². The zero-order valence-electron chi connectivity index (χ0n) is 11.0. The van der Waals surface area contributed by atoms with E-state index in [9.17, 15) is 19.1 Å². The van der Waals surface area contributed by atoms with Gasteiger partial charge in [0.25, 0.3) is 5.69 Å². The summed E-state index contributed by atoms with van der Waals surface area (Å²) in [5.41, 5.74) is 0.298. The number of rotatable bonds is 6. The fraction of sp³-hybridized carbons (Fsp3) is 0.417. The van der Waals surface area contributed by atoms with E-state index in [-0.39, 0.29) is 17.2 Å². The topological polar surface area (TPSA) is 86.5 Å². The molecule has 6 nitrogen and oxygen atoms in total. The first-order valence-corrected chi connectivity index (χ1v) is 7.99. The SMILES string of the molecule is COC(=O)C(C)CS(=O)Cc1ccc(Br)cc1[N+](=O)[O-]. The molecular formula is C12H14BrNO5S. The van der Waals surface area contributed by atoms with Crippen LogP contribution in [0.4, 0.5) is 5.69 Å². The Kier molecular flexibility index (Phi) is 6.28. The molecule has 0 aromatic heterocycles. The van der Waals surface area contributed by atoms with Crippen LogP contribution in [-0.4, -0.2) is 28.0 Å². The quantitative estimate of drug-likeness (QED) is 0.440. The van der Waals surface area contributed by atoms with Crippen molar-refractivity contribution in [3.8, 4) is 0 Å². The van der Waals surface area contributed by atoms with Gasteiger partial charge in [0.05, 0.1) is 23.7 Å². The van der Waals surface area contributed by atoms with Crippen molar-refractivity contribution in [2.45, 2.75) is 12.7 Å². The van der Waals surface area contributed by atoms with Crippen LogP contribution in [0.15, 0.2) is 22.7 Å². The van der Waals surface area contributed by atoms with Crippen LogP contribution < -0.4 is 0 Å². The summed E-state index contributed by atoms with van der Waals surface area (Å²) in [4.78, 5) is 21.7. The molecule has 0 amide bonds. The number of methoxy groups -OCH3 is 1. The molecule has 110 valence electrons. The van der Waals surface area contributed by atoms with Crippen molar-refractivity contribution in [2.24, 2.45) is 5.92 Å². The van der Waals surface area contributed by atoms with E-state index in [1.54, 1.807) is 19.1 Å². The molecule has 0 heterocycles. The molecule has 2 unspecified atom stereocenters. The number of nitro groups is 1. The standard InChI is InChI=1S/C12H14BrNO5S/c1-8(12(15)19-2)6-20(18)7-9-3-4-10(13)5-11(9)14(16)17/h3-5,8H,6-7H2,1-2H3. The lowest BCUT2D eigenvalue weighted by Gasteiger charge is -2.09. The summed E-state index contributed by atoms with van der Waals surface area (Å²) in [7, 11) is -0.112. The Labute approximate surface area is 127 Å². The lowest BCUT2D eigenvalue weighted by molar-refractivity contribution is -0.385. The number of carbonyl (C=O) groups excluding carboxylic acids is 1. The second-order valence-electron chi connectivity index (χ2n) is 4.21. The Morgan fingerprint density at radius 1 is 1.55 bits per heavy atom. The molecule has 0 saturated carbocycles. The maximum atomic E-state index is 12.0. The maximum absolute atomic E-state index is 12.0. The second-order valence-corrected chi connectivity index (χ2v) is 6.62. The number of halogens is 1. The highest BCUT2D eigenvalue weighted by atomic mass is 79.9. The van der Waals surface area contributed by atoms with Gasteiger partial charge in [-0.25, -0.2) is 0 Å². The van der Waals surface area contributed by atoms with Crippen LogP contribution in [0, 0.1) is 16.0 Å². The number of benzene rings is 1. The Hall–Kier alpha value is -1.28. The Morgan fingerprint density at radius 2 is 2.20 bits per heavy atom. The van der Waals surface area contributed by atoms with Gasteiger partial charge in [-0.05, 0) is 6.07 Å². The average molecular weight is 364 g/mol. The van der Waals surface area contributed by atoms with Gasteiger partial charge in [-0.2, -0.15) is 0 Å². The van der Waals surface area contributed by atoms with Gasteiger partial charge in [0.15, 0.2) is 0 Å². The summed E-state index contributed by atoms with van der Waals surface area (Å²) in [5.74, 6) is -0.802. The van der Waals surface area contributed by atoms with Crippen LogP contribution in [-0.2, 0) is 26.1 Å². The minimum atomic E-state index is -1.38. The van der Waals surface area contributed by atoms with Gasteiger partial charge in [0.1, 0.15) is 0 Å². The van der Waals surface area contributed by atoms with Crippen LogP contribution >= 0.6 is 15.9 Å². The minimum absolute atomic E-state index is 0.0327. The second kappa shape index (κ2) is 7.49. The molecule has 0 N–H and O–H groups in total. The molecule has 0 aliphatic carbocycles. The first-order valence-electron chi connectivity index (χ1n) is 5.70. The molecule has 0 aliphatic rings. The zero-order valence-corrected chi connectivity index (χ0v) is 13.4. The van der Waals surface area contributed by atoms with E-state index in [0.717, 1.165) is 0 Å². The number of hydrogen-bond donors (Lipinski definition) is 0. The first-order chi connectivity index (χ1) is 9.35. The van der Waals surface area contributed by atoms with Crippen molar-refractivity contribution in [3.63, 3.8) is 0 Å². The van der Waals surface area contributed by atoms with Gasteiger partial charge in [0, 0.05) is 32.7 Å². The van der Waals surface area contributed by atoms with Gasteiger partial charge < -0.3 is 4.74 Å². The third-order valence-corrected chi connectivity index (χ3v) is 4.60. The van der Waals surface area contributed by atoms with Crippen molar-refractivity contribution in [3.05, 3.63) is 38.3 Å². The van der Waals surface area contributed by atoms with Crippen LogP contribution in [0.3, 0.4) is 0 Å². The molecule has 0 bridgehead atoms. The number of carbonyl (C=O) groups is 1. The van der Waals surface area contributed by atoms with E-state index in [0.29, 0.717) is 10.0 Å². The smallest absolute Gasteiger partial charge is 0.309 e. The predicted molar refractivity (Wildman–Crippen MR) is 78.7 cm³/mol. The lowest BCUT2D eigenvalue weighted by atomic mass is 10.2. The van der Waals surface area contributed by atoms with Gasteiger partial charge in [0.2, 0.25) is 0 Å². The summed E-state index contributed by atoms with van der Waals surface area (Å²) >= 11 is 3.16. The molecule has 0 aliphatic heterocycles. The van der Waals surface area contributed by atoms with E-state index < -0.39 is 27.6 Å². The van der Waals surface area contributed by atoms with E-state index >= 15 is 0 Å². The van der Waals surface area contributed by atoms with Crippen molar-refractivity contribution < 1.29 is 18.7 Å². The molecule has 2 atom stereocenters. The summed E-state index contributed by atoms with van der Waals surface area (Å²) in [6, 6.07) is 4.59. The highest BCUT2D eigenvalue weighted by molar-refractivity contribution is 9.10. The van der Waals surface area contributed by atoms with E-state index in [1.807, 2.05) is 0 Å². The summed E-state index contributed by atoms with van der Waals surface area (Å²) in [6.45, 7) is 1.61. The Bertz CT molecular complexity index is 549. The lowest BCUT2D eigenvalue weighted by Crippen LogP contribution is -2.20. The van der Waals surface area contributed by atoms with Crippen molar-refractivity contribution in [1.82, 2.24) is 0 Å². The fourth-order valence-electron chi connectivity index (χ4n) is 1.61. The highest BCUT2D eigenvalue weighted by Crippen LogP contribution is 2.25. The molecule has 0 fully saturated rings. The largest absolute Gasteiger partial charge is 0.469 e. The van der Waals surface area contributed by atoms with Crippen LogP contribution in [0.25, 0.3) is 0 Å². The third-order valence-electron chi connectivity index (χ3n) is 2.60. The van der Waals surface area contributed by atoms with Crippen LogP contribution in [0.2, 0.25) is 0 Å². The van der Waals surface area contributed by atoms with Crippen molar-refractivity contribution in [2.75, 3.05) is 12.9 Å². The third kappa shape index (κ3) is 4.68. The molecule has 0 spiro atoms. The van der Waals surface area contributed by atoms with Gasteiger partial charge >= 0.3 is 5.97 Å². The molecule has 20 heavy (non-hydrogen) atoms. The predicted octanol–water partition coefficient (Wildman–Crippen LogP) is 2.42. The number of nitrogens with zero attached hydrogens (tertiary/aromatic N) is 1. The normalized spacial score (nSPS) is 13.6. The molecule has 0 radical (unpaired) electrons. The minimum Gasteiger partial charge on any atom is -0.469 e. The van der Waals surface area contributed by atoms with Gasteiger partial charge in [-0.1, -0.05) is 28.9 Å². The summed E-state index contributed by atoms with van der Waals surface area (Å²) in [5, 5.41) is 10.9. The van der Waals surface area contributed by atoms with E-state index in [4.69, 9.17) is 0 Å². The average Bonchev–Trinajstić information content (AvgIpc) is 2.39. The zero-order chi connectivity index (χ0) is 15.3. The van der Waals surface area contributed by atoms with Gasteiger partial charge in [-0.3, -0.25) is 19.1 Å². The fourth-order valence-corrected chi connectivity index (χ4v) is 3.36. The van der Waals surface area contributed by atoms with E-state index in [1.165, 1.54) is 13.2 Å². The van der Waals surface area contributed by atoms with Gasteiger partial charge in [-0.15, -0.1) is 0 Å². The number of ether oxygens (including phenoxy) is 1. The van der Waals surface area contributed by atoms with E-state index in [2.05, 4.69) is 20.7 Å².